The van der Waals surface area contributed by atoms with Crippen molar-refractivity contribution in [2.75, 3.05) is 20.7 Å². The van der Waals surface area contributed by atoms with Gasteiger partial charge in [0.15, 0.2) is 0 Å². The second-order valence-corrected chi connectivity index (χ2v) is 5.68. The zero-order valence-corrected chi connectivity index (χ0v) is 12.9. The van der Waals surface area contributed by atoms with E-state index in [1.54, 1.807) is 18.4 Å². The summed E-state index contributed by atoms with van der Waals surface area (Å²) in [6, 6.07) is 7.78. The van der Waals surface area contributed by atoms with Crippen LogP contribution < -0.4 is 4.74 Å². The molecule has 0 spiro atoms. The lowest BCUT2D eigenvalue weighted by molar-refractivity contribution is -0.137. The Morgan fingerprint density at radius 2 is 2.10 bits per heavy atom. The Hall–Kier alpha value is -1.92. The number of carboxylic acids is 1. The molecule has 0 radical (unpaired) electrons. The van der Waals surface area contributed by atoms with Crippen molar-refractivity contribution in [3.8, 4) is 17.0 Å². The van der Waals surface area contributed by atoms with E-state index in [1.807, 2.05) is 41.6 Å². The molecule has 1 heterocycles. The molecule has 2 rings (SSSR count). The minimum atomic E-state index is -0.778. The molecule has 1 N–H and O–H groups in total. The van der Waals surface area contributed by atoms with E-state index in [9.17, 15) is 4.79 Å². The van der Waals surface area contributed by atoms with Crippen molar-refractivity contribution in [1.82, 2.24) is 9.88 Å². The number of carboxylic acid groups (broad SMARTS) is 1. The summed E-state index contributed by atoms with van der Waals surface area (Å²) in [6.45, 7) is 1.18. The summed E-state index contributed by atoms with van der Waals surface area (Å²) in [4.78, 5) is 17.1. The van der Waals surface area contributed by atoms with Crippen molar-refractivity contribution in [2.45, 2.75) is 13.0 Å². The number of benzene rings is 1. The van der Waals surface area contributed by atoms with Crippen LogP contribution in [0.15, 0.2) is 29.6 Å². The van der Waals surface area contributed by atoms with E-state index < -0.39 is 5.97 Å². The van der Waals surface area contributed by atoms with Crippen molar-refractivity contribution >= 4 is 17.3 Å². The molecule has 0 aliphatic carbocycles. The summed E-state index contributed by atoms with van der Waals surface area (Å²) < 4.78 is 5.14. The van der Waals surface area contributed by atoms with E-state index in [2.05, 4.69) is 4.98 Å². The molecule has 0 aliphatic rings. The normalized spacial score (nSPS) is 10.8. The van der Waals surface area contributed by atoms with Gasteiger partial charge in [0.25, 0.3) is 0 Å². The number of carbonyl (C=O) groups is 1. The molecule has 6 heteroatoms. The zero-order chi connectivity index (χ0) is 15.2. The molecular formula is C15H18N2O3S. The summed E-state index contributed by atoms with van der Waals surface area (Å²) >= 11 is 1.59. The molecule has 1 aromatic carbocycles. The molecule has 0 unspecified atom stereocenters. The van der Waals surface area contributed by atoms with Crippen LogP contribution in [0.5, 0.6) is 5.75 Å². The molecule has 112 valence electrons. The number of aliphatic carboxylic acids is 1. The lowest BCUT2D eigenvalue weighted by Gasteiger charge is -2.12. The highest BCUT2D eigenvalue weighted by molar-refractivity contribution is 7.09. The van der Waals surface area contributed by atoms with Gasteiger partial charge >= 0.3 is 5.97 Å². The number of methoxy groups -OCH3 is 1. The summed E-state index contributed by atoms with van der Waals surface area (Å²) in [6.07, 6.45) is 0.146. The first-order valence-electron chi connectivity index (χ1n) is 6.57. The summed E-state index contributed by atoms with van der Waals surface area (Å²) in [5, 5.41) is 11.7. The molecule has 0 amide bonds. The molecular weight excluding hydrogens is 288 g/mol. The molecule has 21 heavy (non-hydrogen) atoms. The van der Waals surface area contributed by atoms with Crippen molar-refractivity contribution in [1.29, 1.82) is 0 Å². The van der Waals surface area contributed by atoms with Crippen molar-refractivity contribution in [2.24, 2.45) is 0 Å². The van der Waals surface area contributed by atoms with Crippen LogP contribution >= 0.6 is 11.3 Å². The summed E-state index contributed by atoms with van der Waals surface area (Å²) in [7, 11) is 3.54. The van der Waals surface area contributed by atoms with Gasteiger partial charge in [-0.15, -0.1) is 11.3 Å². The summed E-state index contributed by atoms with van der Waals surface area (Å²) in [5.74, 6) is 0.0440. The highest BCUT2D eigenvalue weighted by Crippen LogP contribution is 2.24. The fourth-order valence-electron chi connectivity index (χ4n) is 1.87. The van der Waals surface area contributed by atoms with E-state index >= 15 is 0 Å². The topological polar surface area (TPSA) is 62.7 Å². The molecule has 5 nitrogen and oxygen atoms in total. The minimum Gasteiger partial charge on any atom is -0.497 e. The molecule has 0 atom stereocenters. The fourth-order valence-corrected chi connectivity index (χ4v) is 2.76. The standard InChI is InChI=1S/C15H18N2O3S/c1-17(8-7-15(18)19)9-14-16-13(10-21-14)11-3-5-12(20-2)6-4-11/h3-6,10H,7-9H2,1-2H3,(H,18,19). The van der Waals surface area contributed by atoms with Gasteiger partial charge in [-0.05, 0) is 31.3 Å². The molecule has 2 aromatic rings. The number of ether oxygens (including phenoxy) is 1. The third-order valence-electron chi connectivity index (χ3n) is 3.05. The van der Waals surface area contributed by atoms with Gasteiger partial charge in [0, 0.05) is 17.5 Å². The van der Waals surface area contributed by atoms with Crippen LogP contribution in [0.1, 0.15) is 11.4 Å². The molecule has 0 fully saturated rings. The van der Waals surface area contributed by atoms with E-state index in [1.165, 1.54) is 0 Å². The smallest absolute Gasteiger partial charge is 0.304 e. The number of hydrogen-bond donors (Lipinski definition) is 1. The second-order valence-electron chi connectivity index (χ2n) is 4.74. The quantitative estimate of drug-likeness (QED) is 0.852. The van der Waals surface area contributed by atoms with Gasteiger partial charge in [-0.3, -0.25) is 9.69 Å². The van der Waals surface area contributed by atoms with E-state index in [0.717, 1.165) is 22.0 Å². The van der Waals surface area contributed by atoms with Gasteiger partial charge in [0.2, 0.25) is 0 Å². The highest BCUT2D eigenvalue weighted by Gasteiger charge is 2.08. The third kappa shape index (κ3) is 4.54. The first kappa shape index (κ1) is 15.5. The zero-order valence-electron chi connectivity index (χ0n) is 12.1. The van der Waals surface area contributed by atoms with Crippen molar-refractivity contribution in [3.05, 3.63) is 34.7 Å². The molecule has 0 saturated carbocycles. The van der Waals surface area contributed by atoms with Crippen molar-refractivity contribution in [3.63, 3.8) is 0 Å². The first-order valence-corrected chi connectivity index (χ1v) is 7.45. The highest BCUT2D eigenvalue weighted by atomic mass is 32.1. The van der Waals surface area contributed by atoms with Gasteiger partial charge in [-0.25, -0.2) is 4.98 Å². The number of nitrogens with zero attached hydrogens (tertiary/aromatic N) is 2. The monoisotopic (exact) mass is 306 g/mol. The van der Waals surface area contributed by atoms with Crippen molar-refractivity contribution < 1.29 is 14.6 Å². The average molecular weight is 306 g/mol. The maximum absolute atomic E-state index is 10.5. The maximum Gasteiger partial charge on any atom is 0.304 e. The largest absolute Gasteiger partial charge is 0.497 e. The summed E-state index contributed by atoms with van der Waals surface area (Å²) in [5.41, 5.74) is 1.98. The lowest BCUT2D eigenvalue weighted by atomic mass is 10.2. The predicted octanol–water partition coefficient (Wildman–Crippen LogP) is 2.73. The average Bonchev–Trinajstić information content (AvgIpc) is 2.93. The number of aromatic nitrogens is 1. The van der Waals surface area contributed by atoms with Gasteiger partial charge < -0.3 is 9.84 Å². The minimum absolute atomic E-state index is 0.146. The van der Waals surface area contributed by atoms with Crippen LogP contribution in [0, 0.1) is 0 Å². The first-order chi connectivity index (χ1) is 10.1. The van der Waals surface area contributed by atoms with Crippen LogP contribution in [-0.2, 0) is 11.3 Å². The predicted molar refractivity (Wildman–Crippen MR) is 82.7 cm³/mol. The van der Waals surface area contributed by atoms with E-state index in [-0.39, 0.29) is 6.42 Å². The molecule has 0 saturated heterocycles. The van der Waals surface area contributed by atoms with Gasteiger partial charge in [-0.1, -0.05) is 0 Å². The number of rotatable bonds is 7. The third-order valence-corrected chi connectivity index (χ3v) is 3.88. The Labute approximate surface area is 127 Å². The number of hydrogen-bond acceptors (Lipinski definition) is 5. The van der Waals surface area contributed by atoms with Gasteiger partial charge in [0.05, 0.1) is 25.8 Å². The van der Waals surface area contributed by atoms with Crippen LogP contribution in [0.3, 0.4) is 0 Å². The van der Waals surface area contributed by atoms with Crippen LogP contribution in [-0.4, -0.2) is 41.7 Å². The van der Waals surface area contributed by atoms with Gasteiger partial charge in [-0.2, -0.15) is 0 Å². The fraction of sp³-hybridized carbons (Fsp3) is 0.333. The van der Waals surface area contributed by atoms with Crippen LogP contribution in [0.2, 0.25) is 0 Å². The maximum atomic E-state index is 10.5. The molecule has 1 aromatic heterocycles. The van der Waals surface area contributed by atoms with Gasteiger partial charge in [0.1, 0.15) is 10.8 Å². The van der Waals surface area contributed by atoms with E-state index in [4.69, 9.17) is 9.84 Å². The second kappa shape index (κ2) is 7.19. The Morgan fingerprint density at radius 3 is 2.71 bits per heavy atom. The molecule has 0 bridgehead atoms. The van der Waals surface area contributed by atoms with E-state index in [0.29, 0.717) is 13.1 Å². The Kier molecular flexibility index (Phi) is 5.30. The lowest BCUT2D eigenvalue weighted by Crippen LogP contribution is -2.21. The molecule has 0 aliphatic heterocycles. The Bertz CT molecular complexity index is 595. The van der Waals surface area contributed by atoms with Crippen LogP contribution in [0.25, 0.3) is 11.3 Å². The Balaban J connectivity index is 1.98. The van der Waals surface area contributed by atoms with Crippen LogP contribution in [0.4, 0.5) is 0 Å². The number of thiazole rings is 1. The Morgan fingerprint density at radius 1 is 1.38 bits per heavy atom. The SMILES string of the molecule is COc1ccc(-c2csc(CN(C)CCC(=O)O)n2)cc1.